The maximum atomic E-state index is 13.5. The zero-order chi connectivity index (χ0) is 21.8. The number of rotatable bonds is 5. The van der Waals surface area contributed by atoms with E-state index in [4.69, 9.17) is 11.6 Å². The lowest BCUT2D eigenvalue weighted by Gasteiger charge is -2.44. The second-order valence-electron chi connectivity index (χ2n) is 10.3. The number of nitrogens with zero attached hydrogens (tertiary/aromatic N) is 2. The first kappa shape index (κ1) is 21.3. The first-order valence-corrected chi connectivity index (χ1v) is 12.4. The Bertz CT molecular complexity index is 875. The van der Waals surface area contributed by atoms with Crippen LogP contribution in [0.15, 0.2) is 24.3 Å². The number of benzene rings is 1. The number of halogens is 1. The van der Waals surface area contributed by atoms with Crippen LogP contribution >= 0.6 is 11.6 Å². The molecular formula is C25H34ClN3O2. The lowest BCUT2D eigenvalue weighted by Crippen LogP contribution is -2.57. The van der Waals surface area contributed by atoms with E-state index in [2.05, 4.69) is 24.1 Å². The first-order chi connectivity index (χ1) is 14.9. The van der Waals surface area contributed by atoms with Crippen molar-refractivity contribution in [2.75, 3.05) is 26.2 Å². The summed E-state index contributed by atoms with van der Waals surface area (Å²) in [7, 11) is 0. The second-order valence-corrected chi connectivity index (χ2v) is 10.8. The largest absolute Gasteiger partial charge is 0.350 e. The van der Waals surface area contributed by atoms with Crippen molar-refractivity contribution in [3.05, 3.63) is 34.9 Å². The Kier molecular flexibility index (Phi) is 5.33. The van der Waals surface area contributed by atoms with Gasteiger partial charge in [-0.2, -0.15) is 0 Å². The number of nitrogens with one attached hydrogen (secondary N) is 1. The van der Waals surface area contributed by atoms with Crippen molar-refractivity contribution in [3.63, 3.8) is 0 Å². The normalized spacial score (nSPS) is 29.6. The summed E-state index contributed by atoms with van der Waals surface area (Å²) < 4.78 is 0. The van der Waals surface area contributed by atoms with E-state index in [-0.39, 0.29) is 28.7 Å². The summed E-state index contributed by atoms with van der Waals surface area (Å²) in [6, 6.07) is 8.32. The van der Waals surface area contributed by atoms with Gasteiger partial charge >= 0.3 is 0 Å². The molecule has 5 nitrogen and oxygen atoms in total. The molecule has 0 bridgehead atoms. The highest BCUT2D eigenvalue weighted by Crippen LogP contribution is 2.51. The highest BCUT2D eigenvalue weighted by atomic mass is 35.5. The second kappa shape index (κ2) is 7.77. The third kappa shape index (κ3) is 3.48. The molecule has 6 heteroatoms. The standard InChI is InChI=1S/C25H34ClN3O2/c1-3-5-17(2)29-15-20-21(16-29)25(27-22(20)30)10-12-28(13-11-25)23(31)24(8-9-24)18-6-4-7-19(26)14-18/h4,6-7,14,17,20-21H,3,5,8-13,15-16H2,1-2H3,(H,27,30)/t17-,20+,21-/m0/s1. The van der Waals surface area contributed by atoms with Crippen LogP contribution < -0.4 is 5.32 Å². The van der Waals surface area contributed by atoms with Crippen molar-refractivity contribution in [2.45, 2.75) is 69.4 Å². The molecule has 168 valence electrons. The van der Waals surface area contributed by atoms with Crippen molar-refractivity contribution in [2.24, 2.45) is 11.8 Å². The molecule has 0 aromatic heterocycles. The van der Waals surface area contributed by atoms with Gasteiger partial charge in [-0.3, -0.25) is 14.5 Å². The lowest BCUT2D eigenvalue weighted by atomic mass is 9.75. The molecule has 4 fully saturated rings. The summed E-state index contributed by atoms with van der Waals surface area (Å²) >= 11 is 6.20. The average molecular weight is 444 g/mol. The average Bonchev–Trinajstić information content (AvgIpc) is 3.37. The van der Waals surface area contributed by atoms with Crippen LogP contribution in [-0.2, 0) is 15.0 Å². The zero-order valence-corrected chi connectivity index (χ0v) is 19.5. The molecule has 4 aliphatic rings. The molecule has 3 heterocycles. The molecule has 1 spiro atoms. The van der Waals surface area contributed by atoms with Crippen LogP contribution in [0.25, 0.3) is 0 Å². The van der Waals surface area contributed by atoms with Gasteiger partial charge in [0.25, 0.3) is 0 Å². The molecule has 3 aliphatic heterocycles. The predicted octanol–water partition coefficient (Wildman–Crippen LogP) is 3.60. The minimum absolute atomic E-state index is 0.114. The van der Waals surface area contributed by atoms with Crippen molar-refractivity contribution in [3.8, 4) is 0 Å². The zero-order valence-electron chi connectivity index (χ0n) is 18.7. The Morgan fingerprint density at radius 2 is 1.97 bits per heavy atom. The SMILES string of the molecule is CCC[C@H](C)N1C[C@H]2C(=O)NC3(CCN(C(=O)C4(c5cccc(Cl)c5)CC4)CC3)[C@H]2C1. The van der Waals surface area contributed by atoms with Crippen molar-refractivity contribution in [1.82, 2.24) is 15.1 Å². The molecular weight excluding hydrogens is 410 g/mol. The van der Waals surface area contributed by atoms with Crippen LogP contribution in [-0.4, -0.2) is 59.4 Å². The van der Waals surface area contributed by atoms with Gasteiger partial charge in [0.05, 0.1) is 11.3 Å². The highest BCUT2D eigenvalue weighted by Gasteiger charge is 2.59. The van der Waals surface area contributed by atoms with Gasteiger partial charge < -0.3 is 10.2 Å². The fourth-order valence-electron chi connectivity index (χ4n) is 6.50. The smallest absolute Gasteiger partial charge is 0.233 e. The molecule has 1 saturated carbocycles. The van der Waals surface area contributed by atoms with Crippen molar-refractivity contribution < 1.29 is 9.59 Å². The number of hydrogen-bond donors (Lipinski definition) is 1. The number of hydrogen-bond acceptors (Lipinski definition) is 3. The van der Waals surface area contributed by atoms with Crippen LogP contribution in [0.3, 0.4) is 0 Å². The van der Waals surface area contributed by atoms with Gasteiger partial charge in [0.15, 0.2) is 0 Å². The van der Waals surface area contributed by atoms with Crippen molar-refractivity contribution in [1.29, 1.82) is 0 Å². The monoisotopic (exact) mass is 443 g/mol. The molecule has 3 atom stereocenters. The van der Waals surface area contributed by atoms with Gasteiger partial charge in [0, 0.05) is 48.7 Å². The molecule has 5 rings (SSSR count). The van der Waals surface area contributed by atoms with Gasteiger partial charge in [0.1, 0.15) is 0 Å². The van der Waals surface area contributed by atoms with Gasteiger partial charge in [-0.1, -0.05) is 37.1 Å². The summed E-state index contributed by atoms with van der Waals surface area (Å²) in [5.74, 6) is 0.964. The van der Waals surface area contributed by atoms with Crippen LogP contribution in [0.5, 0.6) is 0 Å². The minimum Gasteiger partial charge on any atom is -0.350 e. The minimum atomic E-state index is -0.378. The molecule has 1 N–H and O–H groups in total. The number of likely N-dealkylation sites (tertiary alicyclic amines) is 2. The summed E-state index contributed by atoms with van der Waals surface area (Å²) in [6.45, 7) is 7.88. The van der Waals surface area contributed by atoms with E-state index < -0.39 is 0 Å². The van der Waals surface area contributed by atoms with E-state index in [1.54, 1.807) is 0 Å². The van der Waals surface area contributed by atoms with E-state index in [1.807, 2.05) is 29.2 Å². The molecule has 3 saturated heterocycles. The molecule has 0 unspecified atom stereocenters. The Morgan fingerprint density at radius 1 is 1.23 bits per heavy atom. The van der Waals surface area contributed by atoms with Crippen LogP contribution in [0.2, 0.25) is 5.02 Å². The summed E-state index contributed by atoms with van der Waals surface area (Å²) in [4.78, 5) is 30.9. The number of amides is 2. The topological polar surface area (TPSA) is 52.7 Å². The third-order valence-electron chi connectivity index (χ3n) is 8.58. The molecule has 1 aromatic rings. The number of fused-ring (bicyclic) bond motifs is 2. The Labute approximate surface area is 190 Å². The predicted molar refractivity (Wildman–Crippen MR) is 122 cm³/mol. The van der Waals surface area contributed by atoms with Crippen LogP contribution in [0, 0.1) is 11.8 Å². The molecule has 31 heavy (non-hydrogen) atoms. The lowest BCUT2D eigenvalue weighted by molar-refractivity contribution is -0.136. The number of piperidine rings is 1. The fraction of sp³-hybridized carbons (Fsp3) is 0.680. The summed E-state index contributed by atoms with van der Waals surface area (Å²) in [5, 5.41) is 4.09. The van der Waals surface area contributed by atoms with Crippen LogP contribution in [0.4, 0.5) is 0 Å². The maximum absolute atomic E-state index is 13.5. The Balaban J connectivity index is 1.27. The van der Waals surface area contributed by atoms with Crippen molar-refractivity contribution >= 4 is 23.4 Å². The summed E-state index contributed by atoms with van der Waals surface area (Å²) in [6.07, 6.45) is 5.90. The van der Waals surface area contributed by atoms with Gasteiger partial charge in [0.2, 0.25) is 11.8 Å². The van der Waals surface area contributed by atoms with E-state index in [9.17, 15) is 9.59 Å². The van der Waals surface area contributed by atoms with Gasteiger partial charge in [-0.25, -0.2) is 0 Å². The number of carbonyl (C=O) groups is 2. The Morgan fingerprint density at radius 3 is 2.61 bits per heavy atom. The van der Waals surface area contributed by atoms with E-state index >= 15 is 0 Å². The summed E-state index contributed by atoms with van der Waals surface area (Å²) in [5.41, 5.74) is 0.540. The molecule has 2 amide bonds. The maximum Gasteiger partial charge on any atom is 0.233 e. The molecule has 0 radical (unpaired) electrons. The fourth-order valence-corrected chi connectivity index (χ4v) is 6.69. The third-order valence-corrected chi connectivity index (χ3v) is 8.81. The van der Waals surface area contributed by atoms with Gasteiger partial charge in [-0.05, 0) is 56.7 Å². The molecule has 1 aromatic carbocycles. The number of carbonyl (C=O) groups excluding carboxylic acids is 2. The first-order valence-electron chi connectivity index (χ1n) is 12.0. The van der Waals surface area contributed by atoms with E-state index in [0.29, 0.717) is 17.0 Å². The van der Waals surface area contributed by atoms with Gasteiger partial charge in [-0.15, -0.1) is 0 Å². The highest BCUT2D eigenvalue weighted by molar-refractivity contribution is 6.30. The van der Waals surface area contributed by atoms with E-state index in [1.165, 1.54) is 12.8 Å². The van der Waals surface area contributed by atoms with Crippen LogP contribution in [0.1, 0.15) is 57.9 Å². The van der Waals surface area contributed by atoms with E-state index in [0.717, 1.165) is 57.4 Å². The Hall–Kier alpha value is -1.59. The molecule has 1 aliphatic carbocycles. The quantitative estimate of drug-likeness (QED) is 0.756.